The minimum Gasteiger partial charge on any atom is -0.371 e. The first-order valence-corrected chi connectivity index (χ1v) is 15.1. The first-order chi connectivity index (χ1) is 19.6. The van der Waals surface area contributed by atoms with Crippen LogP contribution in [-0.4, -0.2) is 64.8 Å². The number of amides is 1. The van der Waals surface area contributed by atoms with E-state index in [9.17, 15) is 22.0 Å². The highest BCUT2D eigenvalue weighted by atomic mass is 32.2. The van der Waals surface area contributed by atoms with Crippen LogP contribution >= 0.6 is 0 Å². The molecule has 2 aliphatic rings. The number of aryl methyl sites for hydroxylation is 2. The number of aromatic nitrogens is 4. The predicted molar refractivity (Wildman–Crippen MR) is 153 cm³/mol. The van der Waals surface area contributed by atoms with Crippen molar-refractivity contribution in [2.45, 2.75) is 50.1 Å². The molecule has 3 heterocycles. The van der Waals surface area contributed by atoms with E-state index in [-0.39, 0.29) is 0 Å². The third-order valence-electron chi connectivity index (χ3n) is 7.65. The van der Waals surface area contributed by atoms with Crippen molar-refractivity contribution in [1.82, 2.24) is 29.6 Å². The Balaban J connectivity index is 1.25. The number of nitrogens with zero attached hydrogens (tertiary/aromatic N) is 5. The fourth-order valence-corrected chi connectivity index (χ4v) is 5.99. The van der Waals surface area contributed by atoms with Crippen LogP contribution in [0.1, 0.15) is 41.6 Å². The van der Waals surface area contributed by atoms with Gasteiger partial charge in [0, 0.05) is 80.4 Å². The Kier molecular flexibility index (Phi) is 7.16. The van der Waals surface area contributed by atoms with Gasteiger partial charge in [-0.25, -0.2) is 13.1 Å². The van der Waals surface area contributed by atoms with Crippen LogP contribution in [0.25, 0.3) is 21.8 Å². The molecule has 41 heavy (non-hydrogen) atoms. The zero-order chi connectivity index (χ0) is 28.9. The summed E-state index contributed by atoms with van der Waals surface area (Å²) in [6.07, 6.45) is 8.29. The molecule has 1 saturated carbocycles. The Morgan fingerprint density at radius 1 is 1.00 bits per heavy atom. The Bertz CT molecular complexity index is 1720. The molecule has 2 fully saturated rings. The van der Waals surface area contributed by atoms with Crippen LogP contribution in [0.2, 0.25) is 0 Å². The van der Waals surface area contributed by atoms with Gasteiger partial charge in [-0.1, -0.05) is 0 Å². The normalized spacial score (nSPS) is 16.8. The van der Waals surface area contributed by atoms with Gasteiger partial charge in [0.1, 0.15) is 5.52 Å². The molecule has 2 aromatic carbocycles. The summed E-state index contributed by atoms with van der Waals surface area (Å²) in [6.45, 7) is 1.43. The standard InChI is InChI=1S/C27H32F2N8O3S/c1-35-14-17-12-20(11-16(24(17)33-35)13-30-41(39,40)27(28)29)32-26(38)21-5-6-23(22-15-36(2)34-25(21)22)37-9-7-19(8-10-37)31-18-3-4-18/h5-6,11-12,14-15,18-19,27,30-31H,3-4,7-10,13H2,1-2H3,(H,32,38). The third kappa shape index (κ3) is 5.76. The lowest BCUT2D eigenvalue weighted by Gasteiger charge is -2.34. The Morgan fingerprint density at radius 2 is 1.68 bits per heavy atom. The number of anilines is 2. The molecule has 0 atom stereocenters. The maximum absolute atomic E-state index is 13.5. The average molecular weight is 587 g/mol. The number of carbonyl (C=O) groups excluding carboxylic acids is 1. The lowest BCUT2D eigenvalue weighted by molar-refractivity contribution is 0.102. The van der Waals surface area contributed by atoms with Gasteiger partial charge in [-0.2, -0.15) is 19.0 Å². The van der Waals surface area contributed by atoms with E-state index >= 15 is 0 Å². The molecular formula is C27H32F2N8O3S. The molecular weight excluding hydrogens is 554 g/mol. The molecule has 0 radical (unpaired) electrons. The first kappa shape index (κ1) is 27.5. The van der Waals surface area contributed by atoms with Gasteiger partial charge >= 0.3 is 5.76 Å². The number of nitrogens with one attached hydrogen (secondary N) is 3. The van der Waals surface area contributed by atoms with Gasteiger partial charge in [-0.05, 0) is 55.5 Å². The first-order valence-electron chi connectivity index (χ1n) is 13.6. The van der Waals surface area contributed by atoms with E-state index in [1.165, 1.54) is 23.6 Å². The van der Waals surface area contributed by atoms with E-state index in [0.717, 1.165) is 37.0 Å². The minimum atomic E-state index is -4.80. The number of benzene rings is 2. The molecule has 1 aliphatic carbocycles. The van der Waals surface area contributed by atoms with Crippen LogP contribution in [-0.2, 0) is 30.7 Å². The van der Waals surface area contributed by atoms with Crippen molar-refractivity contribution < 1.29 is 22.0 Å². The monoisotopic (exact) mass is 586 g/mol. The fourth-order valence-electron chi connectivity index (χ4n) is 5.51. The molecule has 0 spiro atoms. The number of fused-ring (bicyclic) bond motifs is 2. The maximum atomic E-state index is 13.5. The zero-order valence-electron chi connectivity index (χ0n) is 22.8. The molecule has 1 saturated heterocycles. The Labute approximate surface area is 235 Å². The summed E-state index contributed by atoms with van der Waals surface area (Å²) in [5, 5.41) is 17.0. The SMILES string of the molecule is Cn1cc2cc(NC(=O)c3ccc(N4CCC(NC5CC5)CC4)c4cn(C)nc34)cc(CNS(=O)(=O)C(F)F)c2n1. The van der Waals surface area contributed by atoms with Crippen molar-refractivity contribution in [3.8, 4) is 0 Å². The van der Waals surface area contributed by atoms with Crippen LogP contribution in [0.4, 0.5) is 20.2 Å². The van der Waals surface area contributed by atoms with Crippen molar-refractivity contribution in [3.05, 3.63) is 47.8 Å². The molecule has 0 unspecified atom stereocenters. The average Bonchev–Trinajstić information content (AvgIpc) is 3.52. The van der Waals surface area contributed by atoms with Crippen molar-refractivity contribution in [3.63, 3.8) is 0 Å². The largest absolute Gasteiger partial charge is 0.371 e. The van der Waals surface area contributed by atoms with E-state index in [1.54, 1.807) is 30.1 Å². The van der Waals surface area contributed by atoms with Crippen molar-refractivity contribution in [2.24, 2.45) is 14.1 Å². The summed E-state index contributed by atoms with van der Waals surface area (Å²) in [7, 11) is -1.29. The highest BCUT2D eigenvalue weighted by Crippen LogP contribution is 2.32. The molecule has 1 aliphatic heterocycles. The Hall–Kier alpha value is -3.62. The summed E-state index contributed by atoms with van der Waals surface area (Å²) in [6, 6.07) is 8.20. The van der Waals surface area contributed by atoms with E-state index < -0.39 is 28.2 Å². The molecule has 2 aromatic heterocycles. The van der Waals surface area contributed by atoms with Gasteiger partial charge < -0.3 is 15.5 Å². The van der Waals surface area contributed by atoms with E-state index in [1.807, 2.05) is 24.0 Å². The van der Waals surface area contributed by atoms with E-state index in [4.69, 9.17) is 0 Å². The predicted octanol–water partition coefficient (Wildman–Crippen LogP) is 3.08. The smallest absolute Gasteiger partial charge is 0.350 e. The number of sulfonamides is 1. The van der Waals surface area contributed by atoms with Gasteiger partial charge in [-0.15, -0.1) is 0 Å². The highest BCUT2D eigenvalue weighted by molar-refractivity contribution is 7.89. The lowest BCUT2D eigenvalue weighted by atomic mass is 10.0. The second-order valence-corrected chi connectivity index (χ2v) is 12.6. The topological polar surface area (TPSA) is 126 Å². The van der Waals surface area contributed by atoms with Gasteiger partial charge in [0.05, 0.1) is 11.1 Å². The van der Waals surface area contributed by atoms with Gasteiger partial charge in [0.15, 0.2) is 0 Å². The van der Waals surface area contributed by atoms with Crippen molar-refractivity contribution in [1.29, 1.82) is 0 Å². The lowest BCUT2D eigenvalue weighted by Crippen LogP contribution is -2.43. The van der Waals surface area contributed by atoms with Crippen LogP contribution in [0.3, 0.4) is 0 Å². The number of piperidine rings is 1. The second-order valence-electron chi connectivity index (χ2n) is 10.9. The Morgan fingerprint density at radius 3 is 2.39 bits per heavy atom. The quantitative estimate of drug-likeness (QED) is 0.275. The molecule has 4 aromatic rings. The number of hydrogen-bond acceptors (Lipinski definition) is 7. The zero-order valence-corrected chi connectivity index (χ0v) is 23.6. The summed E-state index contributed by atoms with van der Waals surface area (Å²) in [5.74, 6) is -3.95. The summed E-state index contributed by atoms with van der Waals surface area (Å²) in [4.78, 5) is 15.9. The number of rotatable bonds is 9. The molecule has 14 heteroatoms. The van der Waals surface area contributed by atoms with Gasteiger partial charge in [-0.3, -0.25) is 14.2 Å². The maximum Gasteiger partial charge on any atom is 0.350 e. The molecule has 3 N–H and O–H groups in total. The molecule has 218 valence electrons. The van der Waals surface area contributed by atoms with Gasteiger partial charge in [0.25, 0.3) is 15.9 Å². The molecule has 6 rings (SSSR count). The van der Waals surface area contributed by atoms with Crippen molar-refractivity contribution in [2.75, 3.05) is 23.3 Å². The molecule has 0 bridgehead atoms. The number of hydrogen-bond donors (Lipinski definition) is 3. The summed E-state index contributed by atoms with van der Waals surface area (Å²) < 4.78 is 54.2. The minimum absolute atomic E-state index is 0.348. The molecule has 11 nitrogen and oxygen atoms in total. The van der Waals surface area contributed by atoms with Crippen LogP contribution in [0.5, 0.6) is 0 Å². The van der Waals surface area contributed by atoms with Crippen LogP contribution in [0.15, 0.2) is 36.7 Å². The highest BCUT2D eigenvalue weighted by Gasteiger charge is 2.28. The van der Waals surface area contributed by atoms with E-state index in [2.05, 4.69) is 25.7 Å². The summed E-state index contributed by atoms with van der Waals surface area (Å²) in [5.41, 5.74) is 3.17. The fraction of sp³-hybridized carbons (Fsp3) is 0.444. The second kappa shape index (κ2) is 10.7. The third-order valence-corrected chi connectivity index (χ3v) is 8.67. The van der Waals surface area contributed by atoms with Crippen molar-refractivity contribution >= 4 is 49.1 Å². The van der Waals surface area contributed by atoms with Gasteiger partial charge in [0.2, 0.25) is 0 Å². The number of carbonyl (C=O) groups is 1. The van der Waals surface area contributed by atoms with Crippen LogP contribution < -0.4 is 20.3 Å². The number of halogens is 2. The molecule has 1 amide bonds. The van der Waals surface area contributed by atoms with E-state index in [0.29, 0.717) is 45.3 Å². The van der Waals surface area contributed by atoms with Crippen LogP contribution in [0, 0.1) is 0 Å². The summed E-state index contributed by atoms with van der Waals surface area (Å²) >= 11 is 0. The number of alkyl halides is 2.